The third kappa shape index (κ3) is 10.4. The van der Waals surface area contributed by atoms with E-state index >= 15 is 0 Å². The Bertz CT molecular complexity index is 664. The standard InChI is InChI=1S/C29H53ClN4.CH4.3H2O/c1-21(2)27(31-17-22-9-14-28(32-18-22)33-25-7-5-6-8-25)19-34-16-15-26(29(3,4)20-34)23-10-12-24(30)13-11-23;;;;/h14,21-27,31-33H,5-13,15-20H2,1-4H3;1H4;3*1H2/t22?,23?,24?,26?,27-;;;;/m0..../s1. The van der Waals surface area contributed by atoms with Gasteiger partial charge in [-0.15, -0.1) is 11.6 Å². The van der Waals surface area contributed by atoms with Gasteiger partial charge in [0.2, 0.25) is 0 Å². The van der Waals surface area contributed by atoms with Gasteiger partial charge in [0, 0.05) is 43.6 Å². The molecule has 8 heteroatoms. The second-order valence-electron chi connectivity index (χ2n) is 13.1. The molecule has 2 aliphatic carbocycles. The minimum absolute atomic E-state index is 0. The van der Waals surface area contributed by atoms with E-state index in [9.17, 15) is 0 Å². The van der Waals surface area contributed by atoms with Gasteiger partial charge in [-0.25, -0.2) is 0 Å². The first-order chi connectivity index (χ1) is 16.3. The summed E-state index contributed by atoms with van der Waals surface area (Å²) >= 11 is 6.40. The fourth-order valence-electron chi connectivity index (χ4n) is 7.35. The molecule has 0 radical (unpaired) electrons. The molecule has 0 aromatic heterocycles. The van der Waals surface area contributed by atoms with Crippen molar-refractivity contribution in [3.63, 3.8) is 0 Å². The molecule has 2 unspecified atom stereocenters. The number of nitrogens with one attached hydrogen (secondary N) is 3. The lowest BCUT2D eigenvalue weighted by Crippen LogP contribution is -2.53. The maximum atomic E-state index is 6.40. The van der Waals surface area contributed by atoms with Crippen LogP contribution in [0.25, 0.3) is 0 Å². The number of hydrogen-bond acceptors (Lipinski definition) is 4. The highest BCUT2D eigenvalue weighted by Gasteiger charge is 2.41. The van der Waals surface area contributed by atoms with Gasteiger partial charge in [-0.2, -0.15) is 0 Å². The van der Waals surface area contributed by atoms with Crippen LogP contribution >= 0.6 is 11.6 Å². The van der Waals surface area contributed by atoms with Crippen LogP contribution in [0.5, 0.6) is 0 Å². The van der Waals surface area contributed by atoms with E-state index in [1.54, 1.807) is 0 Å². The summed E-state index contributed by atoms with van der Waals surface area (Å²) in [7, 11) is 0. The Labute approximate surface area is 239 Å². The predicted molar refractivity (Wildman–Crippen MR) is 164 cm³/mol. The van der Waals surface area contributed by atoms with Crippen molar-refractivity contribution in [2.45, 2.75) is 117 Å². The first-order valence-corrected chi connectivity index (χ1v) is 15.0. The molecular weight excluding hydrogens is 500 g/mol. The average Bonchev–Trinajstić information content (AvgIpc) is 3.31. The first kappa shape index (κ1) is 37.4. The average molecular weight is 563 g/mol. The molecule has 3 atom stereocenters. The minimum Gasteiger partial charge on any atom is -0.412 e. The van der Waals surface area contributed by atoms with Gasteiger partial charge in [-0.3, -0.25) is 0 Å². The largest absolute Gasteiger partial charge is 0.412 e. The highest BCUT2D eigenvalue weighted by atomic mass is 35.5. The molecule has 0 aromatic carbocycles. The molecule has 0 spiro atoms. The number of piperidine rings is 1. The zero-order valence-corrected chi connectivity index (χ0v) is 24.8. The van der Waals surface area contributed by atoms with Crippen molar-refractivity contribution in [3.8, 4) is 0 Å². The summed E-state index contributed by atoms with van der Waals surface area (Å²) in [5.74, 6) is 4.39. The van der Waals surface area contributed by atoms with E-state index < -0.39 is 0 Å². The van der Waals surface area contributed by atoms with Crippen LogP contribution in [-0.2, 0) is 0 Å². The van der Waals surface area contributed by atoms with Crippen LogP contribution in [0.4, 0.5) is 0 Å². The lowest BCUT2D eigenvalue weighted by molar-refractivity contribution is 0.00466. The summed E-state index contributed by atoms with van der Waals surface area (Å²) in [4.78, 5) is 2.77. The van der Waals surface area contributed by atoms with E-state index in [1.165, 1.54) is 89.7 Å². The Hall–Kier alpha value is -0.570. The molecule has 3 fully saturated rings. The number of rotatable bonds is 9. The summed E-state index contributed by atoms with van der Waals surface area (Å²) in [6, 6.07) is 1.27. The van der Waals surface area contributed by atoms with Crippen molar-refractivity contribution in [3.05, 3.63) is 11.9 Å². The maximum Gasteiger partial charge on any atom is 0.0947 e. The molecule has 2 saturated carbocycles. The van der Waals surface area contributed by atoms with E-state index in [1.807, 2.05) is 0 Å². The third-order valence-electron chi connectivity index (χ3n) is 9.54. The van der Waals surface area contributed by atoms with Crippen LogP contribution in [0.3, 0.4) is 0 Å². The second kappa shape index (κ2) is 17.3. The normalized spacial score (nSPS) is 30.4. The highest BCUT2D eigenvalue weighted by Crippen LogP contribution is 2.45. The fourth-order valence-corrected chi connectivity index (χ4v) is 7.60. The Balaban J connectivity index is 0.00000342. The Kier molecular flexibility index (Phi) is 17.0. The molecule has 4 rings (SSSR count). The summed E-state index contributed by atoms with van der Waals surface area (Å²) in [6.07, 6.45) is 15.5. The fraction of sp³-hybridized carbons (Fsp3) is 0.933. The molecule has 1 saturated heterocycles. The van der Waals surface area contributed by atoms with Gasteiger partial charge >= 0.3 is 0 Å². The molecule has 228 valence electrons. The van der Waals surface area contributed by atoms with Crippen molar-refractivity contribution >= 4 is 11.6 Å². The van der Waals surface area contributed by atoms with Crippen LogP contribution in [0, 0.1) is 29.1 Å². The van der Waals surface area contributed by atoms with Crippen LogP contribution in [0.15, 0.2) is 11.9 Å². The molecule has 0 aromatic rings. The van der Waals surface area contributed by atoms with Crippen molar-refractivity contribution in [1.29, 1.82) is 0 Å². The number of alkyl halides is 1. The van der Waals surface area contributed by atoms with Crippen LogP contribution in [0.2, 0.25) is 0 Å². The van der Waals surface area contributed by atoms with Crippen LogP contribution in [-0.4, -0.2) is 71.5 Å². The molecule has 0 bridgehead atoms. The SMILES string of the molecule is C.CC(C)[C@H](CN1CCC(C2CCC(Cl)CC2)C(C)(C)C1)NCC1CC=C(NC2CCCC2)NC1.O.O.O. The molecular formula is C30H63ClN4O3. The van der Waals surface area contributed by atoms with Gasteiger partial charge in [0.05, 0.1) is 5.82 Å². The Morgan fingerprint density at radius 1 is 1.03 bits per heavy atom. The van der Waals surface area contributed by atoms with Gasteiger partial charge in [-0.05, 0) is 93.1 Å². The highest BCUT2D eigenvalue weighted by molar-refractivity contribution is 6.20. The summed E-state index contributed by atoms with van der Waals surface area (Å²) in [5.41, 5.74) is 0.407. The summed E-state index contributed by atoms with van der Waals surface area (Å²) < 4.78 is 0. The number of allylic oxidation sites excluding steroid dienone is 1. The number of halogens is 1. The van der Waals surface area contributed by atoms with Gasteiger partial charge in [0.1, 0.15) is 0 Å². The van der Waals surface area contributed by atoms with E-state index in [4.69, 9.17) is 11.6 Å². The topological polar surface area (TPSA) is 134 Å². The predicted octanol–water partition coefficient (Wildman–Crippen LogP) is 3.89. The number of nitrogens with zero attached hydrogens (tertiary/aromatic N) is 1. The molecule has 9 N–H and O–H groups in total. The molecule has 7 nitrogen and oxygen atoms in total. The second-order valence-corrected chi connectivity index (χ2v) is 13.7. The van der Waals surface area contributed by atoms with E-state index in [2.05, 4.69) is 54.6 Å². The van der Waals surface area contributed by atoms with Gasteiger partial charge in [0.15, 0.2) is 0 Å². The molecule has 38 heavy (non-hydrogen) atoms. The Morgan fingerprint density at radius 3 is 2.24 bits per heavy atom. The minimum atomic E-state index is 0. The third-order valence-corrected chi connectivity index (χ3v) is 9.98. The Morgan fingerprint density at radius 2 is 1.68 bits per heavy atom. The van der Waals surface area contributed by atoms with Crippen LogP contribution in [0.1, 0.15) is 99.3 Å². The molecule has 4 aliphatic rings. The number of hydrogen-bond donors (Lipinski definition) is 3. The zero-order chi connectivity index (χ0) is 24.1. The summed E-state index contributed by atoms with van der Waals surface area (Å²) in [6.45, 7) is 15.8. The van der Waals surface area contributed by atoms with Crippen LogP contribution < -0.4 is 16.0 Å². The van der Waals surface area contributed by atoms with Crippen molar-refractivity contribution in [2.24, 2.45) is 29.1 Å². The number of likely N-dealkylation sites (tertiary alicyclic amines) is 1. The summed E-state index contributed by atoms with van der Waals surface area (Å²) in [5, 5.41) is 11.8. The van der Waals surface area contributed by atoms with E-state index in [0.29, 0.717) is 34.7 Å². The zero-order valence-electron chi connectivity index (χ0n) is 24.1. The maximum absolute atomic E-state index is 6.40. The van der Waals surface area contributed by atoms with Crippen molar-refractivity contribution in [2.75, 3.05) is 32.7 Å². The lowest BCUT2D eigenvalue weighted by atomic mass is 9.64. The molecule has 0 amide bonds. The quantitative estimate of drug-likeness (QED) is 0.367. The molecule has 2 heterocycles. The van der Waals surface area contributed by atoms with Gasteiger partial charge < -0.3 is 37.3 Å². The smallest absolute Gasteiger partial charge is 0.0947 e. The van der Waals surface area contributed by atoms with Crippen molar-refractivity contribution < 1.29 is 16.4 Å². The monoisotopic (exact) mass is 562 g/mol. The van der Waals surface area contributed by atoms with Gasteiger partial charge in [-0.1, -0.05) is 48.0 Å². The van der Waals surface area contributed by atoms with Gasteiger partial charge in [0.25, 0.3) is 0 Å². The first-order valence-electron chi connectivity index (χ1n) is 14.6. The van der Waals surface area contributed by atoms with E-state index in [0.717, 1.165) is 24.9 Å². The van der Waals surface area contributed by atoms with Crippen molar-refractivity contribution in [1.82, 2.24) is 20.9 Å². The lowest BCUT2D eigenvalue weighted by Gasteiger charge is -2.49. The molecule has 2 aliphatic heterocycles. The van der Waals surface area contributed by atoms with E-state index in [-0.39, 0.29) is 23.9 Å².